The van der Waals surface area contributed by atoms with Gasteiger partial charge in [-0.25, -0.2) is 0 Å². The van der Waals surface area contributed by atoms with Crippen LogP contribution >= 0.6 is 11.8 Å². The number of nitrogens with zero attached hydrogens (tertiary/aromatic N) is 5. The van der Waals surface area contributed by atoms with Crippen molar-refractivity contribution >= 4 is 11.8 Å². The summed E-state index contributed by atoms with van der Waals surface area (Å²) in [5, 5.41) is 13.5. The van der Waals surface area contributed by atoms with Gasteiger partial charge in [-0.3, -0.25) is 4.57 Å². The monoisotopic (exact) mass is 381 g/mol. The van der Waals surface area contributed by atoms with Crippen LogP contribution in [-0.2, 0) is 13.0 Å². The molecule has 1 atom stereocenters. The van der Waals surface area contributed by atoms with Gasteiger partial charge >= 0.3 is 0 Å². The molecule has 0 bridgehead atoms. The third-order valence-corrected chi connectivity index (χ3v) is 5.13. The largest absolute Gasteiger partial charge is 0.467 e. The van der Waals surface area contributed by atoms with Crippen LogP contribution in [0.1, 0.15) is 41.0 Å². The second-order valence-electron chi connectivity index (χ2n) is 6.17. The van der Waals surface area contributed by atoms with Crippen molar-refractivity contribution in [3.05, 3.63) is 77.6 Å². The molecule has 0 fully saturated rings. The molecule has 0 unspecified atom stereocenters. The molecule has 0 saturated carbocycles. The number of furan rings is 1. The van der Waals surface area contributed by atoms with Crippen molar-refractivity contribution < 1.29 is 8.94 Å². The van der Waals surface area contributed by atoms with E-state index in [-0.39, 0.29) is 5.25 Å². The SMILES string of the molecule is Cc1noc([C@@H](C)Sc2nnc(Cc3ccccc3)n2Cc2ccco2)n1. The molecule has 0 spiro atoms. The van der Waals surface area contributed by atoms with Gasteiger partial charge in [0.15, 0.2) is 11.0 Å². The van der Waals surface area contributed by atoms with Crippen LogP contribution in [0.5, 0.6) is 0 Å². The Kier molecular flexibility index (Phi) is 5.06. The molecular weight excluding hydrogens is 362 g/mol. The van der Waals surface area contributed by atoms with Gasteiger partial charge in [0.2, 0.25) is 5.89 Å². The fourth-order valence-electron chi connectivity index (χ4n) is 2.72. The van der Waals surface area contributed by atoms with Crippen molar-refractivity contribution in [2.75, 3.05) is 0 Å². The topological polar surface area (TPSA) is 82.8 Å². The van der Waals surface area contributed by atoms with Gasteiger partial charge in [0, 0.05) is 6.42 Å². The highest BCUT2D eigenvalue weighted by Crippen LogP contribution is 2.33. The lowest BCUT2D eigenvalue weighted by Crippen LogP contribution is -2.07. The fraction of sp³-hybridized carbons (Fsp3) is 0.263. The molecular formula is C19H19N5O2S. The maximum absolute atomic E-state index is 5.53. The number of hydrogen-bond acceptors (Lipinski definition) is 7. The molecule has 3 heterocycles. The van der Waals surface area contributed by atoms with Crippen LogP contribution in [0.25, 0.3) is 0 Å². The first-order valence-corrected chi connectivity index (χ1v) is 9.52. The zero-order valence-corrected chi connectivity index (χ0v) is 15.9. The van der Waals surface area contributed by atoms with Crippen molar-refractivity contribution in [2.45, 2.75) is 37.2 Å². The summed E-state index contributed by atoms with van der Waals surface area (Å²) in [5.74, 6) is 2.94. The van der Waals surface area contributed by atoms with E-state index in [0.717, 1.165) is 16.7 Å². The number of benzene rings is 1. The number of hydrogen-bond donors (Lipinski definition) is 0. The Labute approximate surface area is 160 Å². The molecule has 4 rings (SSSR count). The highest BCUT2D eigenvalue weighted by atomic mass is 32.2. The zero-order valence-electron chi connectivity index (χ0n) is 15.1. The summed E-state index contributed by atoms with van der Waals surface area (Å²) in [6, 6.07) is 14.1. The quantitative estimate of drug-likeness (QED) is 0.447. The predicted octanol–water partition coefficient (Wildman–Crippen LogP) is 4.05. The van der Waals surface area contributed by atoms with Crippen molar-refractivity contribution in [2.24, 2.45) is 0 Å². The van der Waals surface area contributed by atoms with E-state index in [1.807, 2.05) is 44.2 Å². The van der Waals surface area contributed by atoms with E-state index in [2.05, 4.69) is 37.0 Å². The number of aryl methyl sites for hydroxylation is 1. The van der Waals surface area contributed by atoms with E-state index in [9.17, 15) is 0 Å². The highest BCUT2D eigenvalue weighted by Gasteiger charge is 2.21. The van der Waals surface area contributed by atoms with Gasteiger partial charge in [-0.1, -0.05) is 47.3 Å². The van der Waals surface area contributed by atoms with Crippen LogP contribution in [0.2, 0.25) is 0 Å². The van der Waals surface area contributed by atoms with E-state index < -0.39 is 0 Å². The van der Waals surface area contributed by atoms with Crippen molar-refractivity contribution in [1.29, 1.82) is 0 Å². The van der Waals surface area contributed by atoms with Crippen molar-refractivity contribution in [3.8, 4) is 0 Å². The van der Waals surface area contributed by atoms with Crippen LogP contribution in [0.15, 0.2) is 62.8 Å². The molecule has 0 aliphatic rings. The first-order valence-electron chi connectivity index (χ1n) is 8.64. The molecule has 0 radical (unpaired) electrons. The summed E-state index contributed by atoms with van der Waals surface area (Å²) in [4.78, 5) is 4.31. The van der Waals surface area contributed by atoms with E-state index in [1.54, 1.807) is 18.0 Å². The lowest BCUT2D eigenvalue weighted by atomic mass is 10.1. The van der Waals surface area contributed by atoms with Gasteiger partial charge in [0.05, 0.1) is 18.1 Å². The second kappa shape index (κ2) is 7.79. The highest BCUT2D eigenvalue weighted by molar-refractivity contribution is 7.99. The van der Waals surface area contributed by atoms with Crippen LogP contribution in [0, 0.1) is 6.92 Å². The molecule has 0 amide bonds. The Hall–Kier alpha value is -2.87. The van der Waals surface area contributed by atoms with Gasteiger partial charge < -0.3 is 8.94 Å². The van der Waals surface area contributed by atoms with Gasteiger partial charge in [0.1, 0.15) is 11.6 Å². The van der Waals surface area contributed by atoms with E-state index >= 15 is 0 Å². The molecule has 138 valence electrons. The minimum atomic E-state index is -0.0321. The average molecular weight is 381 g/mol. The van der Waals surface area contributed by atoms with E-state index in [1.165, 1.54) is 5.56 Å². The van der Waals surface area contributed by atoms with Gasteiger partial charge in [-0.2, -0.15) is 4.98 Å². The minimum absolute atomic E-state index is 0.0321. The van der Waals surface area contributed by atoms with Gasteiger partial charge in [-0.15, -0.1) is 10.2 Å². The third-order valence-electron chi connectivity index (χ3n) is 4.07. The Morgan fingerprint density at radius 1 is 1.11 bits per heavy atom. The molecule has 27 heavy (non-hydrogen) atoms. The second-order valence-corrected chi connectivity index (χ2v) is 7.47. The van der Waals surface area contributed by atoms with Crippen LogP contribution in [0.4, 0.5) is 0 Å². The molecule has 7 nitrogen and oxygen atoms in total. The smallest absolute Gasteiger partial charge is 0.239 e. The maximum atomic E-state index is 5.53. The lowest BCUT2D eigenvalue weighted by Gasteiger charge is -2.10. The average Bonchev–Trinajstić information content (AvgIpc) is 3.41. The van der Waals surface area contributed by atoms with Crippen molar-refractivity contribution in [1.82, 2.24) is 24.9 Å². The molecule has 8 heteroatoms. The molecule has 0 saturated heterocycles. The molecule has 1 aromatic carbocycles. The normalized spacial score (nSPS) is 12.4. The van der Waals surface area contributed by atoms with E-state index in [4.69, 9.17) is 8.94 Å². The Bertz CT molecular complexity index is 994. The molecule has 4 aromatic rings. The molecule has 0 aliphatic heterocycles. The predicted molar refractivity (Wildman–Crippen MR) is 100 cm³/mol. The standard InChI is InChI=1S/C19H19N5O2S/c1-13(18-20-14(2)23-26-18)27-19-22-21-17(11-15-7-4-3-5-8-15)24(19)12-16-9-6-10-25-16/h3-10,13H,11-12H2,1-2H3/t13-/m1/s1. The van der Waals surface area contributed by atoms with Crippen LogP contribution in [-0.4, -0.2) is 24.9 Å². The molecule has 0 N–H and O–H groups in total. The van der Waals surface area contributed by atoms with E-state index in [0.29, 0.717) is 24.7 Å². The summed E-state index contributed by atoms with van der Waals surface area (Å²) < 4.78 is 12.9. The Balaban J connectivity index is 1.61. The summed E-state index contributed by atoms with van der Waals surface area (Å²) in [6.07, 6.45) is 2.37. The zero-order chi connectivity index (χ0) is 18.6. The number of rotatable bonds is 7. The number of aromatic nitrogens is 5. The Morgan fingerprint density at radius 3 is 2.67 bits per heavy atom. The van der Waals surface area contributed by atoms with Gasteiger partial charge in [-0.05, 0) is 31.5 Å². The van der Waals surface area contributed by atoms with Gasteiger partial charge in [0.25, 0.3) is 0 Å². The first-order chi connectivity index (χ1) is 13.2. The Morgan fingerprint density at radius 2 is 1.96 bits per heavy atom. The fourth-order valence-corrected chi connectivity index (χ4v) is 3.62. The van der Waals surface area contributed by atoms with Crippen LogP contribution in [0.3, 0.4) is 0 Å². The maximum Gasteiger partial charge on any atom is 0.239 e. The lowest BCUT2D eigenvalue weighted by molar-refractivity contribution is 0.376. The van der Waals surface area contributed by atoms with Crippen LogP contribution < -0.4 is 0 Å². The van der Waals surface area contributed by atoms with Crippen molar-refractivity contribution in [3.63, 3.8) is 0 Å². The molecule has 3 aromatic heterocycles. The summed E-state index contributed by atoms with van der Waals surface area (Å²) in [6.45, 7) is 4.39. The first kappa shape index (κ1) is 17.5. The summed E-state index contributed by atoms with van der Waals surface area (Å²) in [7, 11) is 0. The summed E-state index contributed by atoms with van der Waals surface area (Å²) in [5.41, 5.74) is 1.18. The number of thioether (sulfide) groups is 1. The minimum Gasteiger partial charge on any atom is -0.467 e. The molecule has 0 aliphatic carbocycles. The third kappa shape index (κ3) is 4.11. The summed E-state index contributed by atoms with van der Waals surface area (Å²) >= 11 is 1.54.